The van der Waals surface area contributed by atoms with Crippen LogP contribution in [0.4, 0.5) is 0 Å². The molecule has 2 aliphatic rings. The van der Waals surface area contributed by atoms with Gasteiger partial charge in [-0.25, -0.2) is 9.59 Å². The lowest BCUT2D eigenvalue weighted by Gasteiger charge is -2.09. The first-order valence-corrected chi connectivity index (χ1v) is 8.52. The highest BCUT2D eigenvalue weighted by Gasteiger charge is 2.24. The number of rotatable bonds is 10. The molecular formula is C16H22N2O10. The first kappa shape index (κ1) is 21.8. The summed E-state index contributed by atoms with van der Waals surface area (Å²) in [5.41, 5.74) is 0. The molecule has 2 rings (SSSR count). The molecule has 2 atom stereocenters. The molecule has 156 valence electrons. The smallest absolute Gasteiger partial charge is 0.331 e. The van der Waals surface area contributed by atoms with Crippen molar-refractivity contribution >= 4 is 23.8 Å². The molecule has 12 nitrogen and oxygen atoms in total. The summed E-state index contributed by atoms with van der Waals surface area (Å²) in [6, 6.07) is 0. The second-order valence-corrected chi connectivity index (χ2v) is 5.54. The third-order valence-corrected chi connectivity index (χ3v) is 3.48. The standard InChI is InChI=1S/C16H22N2O10/c19-13(25-5-3-17-15(21)11-7-23-9-27-11)1-2-14(20)26-6-4-18-16(22)12-8-24-10-28-12/h1-2,11-12H,3-10H2,(H,17,21)(H,18,22)/b2-1+/t11-,12-/m0/s1. The van der Waals surface area contributed by atoms with Gasteiger partial charge in [0.1, 0.15) is 26.8 Å². The Kier molecular flexibility index (Phi) is 9.34. The van der Waals surface area contributed by atoms with Crippen molar-refractivity contribution in [3.05, 3.63) is 12.2 Å². The third kappa shape index (κ3) is 8.00. The predicted octanol–water partition coefficient (Wildman–Crippen LogP) is -2.39. The lowest BCUT2D eigenvalue weighted by atomic mass is 10.3. The number of carbonyl (C=O) groups excluding carboxylic acids is 4. The van der Waals surface area contributed by atoms with Crippen LogP contribution in [-0.2, 0) is 47.6 Å². The maximum atomic E-state index is 11.6. The van der Waals surface area contributed by atoms with Gasteiger partial charge in [0.25, 0.3) is 11.8 Å². The molecular weight excluding hydrogens is 380 g/mol. The highest BCUT2D eigenvalue weighted by molar-refractivity contribution is 5.91. The minimum atomic E-state index is -0.765. The van der Waals surface area contributed by atoms with E-state index in [0.29, 0.717) is 0 Å². The summed E-state index contributed by atoms with van der Waals surface area (Å²) < 4.78 is 29.4. The van der Waals surface area contributed by atoms with E-state index < -0.39 is 24.1 Å². The van der Waals surface area contributed by atoms with Crippen molar-refractivity contribution in [1.29, 1.82) is 0 Å². The summed E-state index contributed by atoms with van der Waals surface area (Å²) in [6.45, 7) is 0.559. The summed E-state index contributed by atoms with van der Waals surface area (Å²) in [5.74, 6) is -2.24. The minimum Gasteiger partial charge on any atom is -0.461 e. The summed E-state index contributed by atoms with van der Waals surface area (Å²) in [6.07, 6.45) is 0.490. The fourth-order valence-electron chi connectivity index (χ4n) is 2.08. The predicted molar refractivity (Wildman–Crippen MR) is 88.5 cm³/mol. The molecule has 2 aliphatic heterocycles. The number of hydrogen-bond donors (Lipinski definition) is 2. The topological polar surface area (TPSA) is 148 Å². The Hall–Kier alpha value is -2.54. The van der Waals surface area contributed by atoms with Crippen molar-refractivity contribution in [3.8, 4) is 0 Å². The lowest BCUT2D eigenvalue weighted by Crippen LogP contribution is -2.38. The van der Waals surface area contributed by atoms with E-state index in [1.165, 1.54) is 0 Å². The van der Waals surface area contributed by atoms with E-state index in [9.17, 15) is 19.2 Å². The second-order valence-electron chi connectivity index (χ2n) is 5.54. The molecule has 0 aromatic heterocycles. The van der Waals surface area contributed by atoms with Crippen LogP contribution in [0.1, 0.15) is 0 Å². The van der Waals surface area contributed by atoms with E-state index in [2.05, 4.69) is 10.6 Å². The van der Waals surface area contributed by atoms with Gasteiger partial charge in [-0.15, -0.1) is 0 Å². The molecule has 0 unspecified atom stereocenters. The van der Waals surface area contributed by atoms with Crippen molar-refractivity contribution in [2.24, 2.45) is 0 Å². The third-order valence-electron chi connectivity index (χ3n) is 3.48. The van der Waals surface area contributed by atoms with Gasteiger partial charge in [0.15, 0.2) is 12.2 Å². The quantitative estimate of drug-likeness (QED) is 0.230. The van der Waals surface area contributed by atoms with Crippen LogP contribution in [0.25, 0.3) is 0 Å². The van der Waals surface area contributed by atoms with Gasteiger partial charge < -0.3 is 39.1 Å². The molecule has 2 N–H and O–H groups in total. The van der Waals surface area contributed by atoms with E-state index in [1.807, 2.05) is 0 Å². The Balaban J connectivity index is 1.48. The summed E-state index contributed by atoms with van der Waals surface area (Å²) in [5, 5.41) is 5.04. The Labute approximate surface area is 160 Å². The normalized spacial score (nSPS) is 21.4. The Morgan fingerprint density at radius 3 is 1.57 bits per heavy atom. The van der Waals surface area contributed by atoms with E-state index in [-0.39, 0.29) is 64.9 Å². The highest BCUT2D eigenvalue weighted by atomic mass is 16.7. The minimum absolute atomic E-state index is 0.0729. The van der Waals surface area contributed by atoms with Crippen molar-refractivity contribution in [3.63, 3.8) is 0 Å². The Morgan fingerprint density at radius 2 is 1.21 bits per heavy atom. The van der Waals surface area contributed by atoms with E-state index in [4.69, 9.17) is 28.4 Å². The molecule has 2 amide bonds. The average Bonchev–Trinajstić information content (AvgIpc) is 3.40. The zero-order valence-electron chi connectivity index (χ0n) is 15.0. The Morgan fingerprint density at radius 1 is 0.786 bits per heavy atom. The average molecular weight is 402 g/mol. The number of esters is 2. The van der Waals surface area contributed by atoms with E-state index >= 15 is 0 Å². The summed E-state index contributed by atoms with van der Waals surface area (Å²) >= 11 is 0. The maximum absolute atomic E-state index is 11.6. The monoisotopic (exact) mass is 402 g/mol. The number of ether oxygens (including phenoxy) is 6. The Bertz CT molecular complexity index is 532. The fraction of sp³-hybridized carbons (Fsp3) is 0.625. The molecule has 2 heterocycles. The summed E-state index contributed by atoms with van der Waals surface area (Å²) in [7, 11) is 0. The number of amides is 2. The van der Waals surface area contributed by atoms with Gasteiger partial charge in [0.05, 0.1) is 26.3 Å². The van der Waals surface area contributed by atoms with Crippen molar-refractivity contribution < 1.29 is 47.6 Å². The first-order chi connectivity index (χ1) is 13.6. The molecule has 28 heavy (non-hydrogen) atoms. The van der Waals surface area contributed by atoms with Gasteiger partial charge >= 0.3 is 11.9 Å². The lowest BCUT2D eigenvalue weighted by molar-refractivity contribution is -0.141. The number of carbonyl (C=O) groups is 4. The van der Waals surface area contributed by atoms with Gasteiger partial charge in [0.2, 0.25) is 0 Å². The van der Waals surface area contributed by atoms with Crippen molar-refractivity contribution in [2.45, 2.75) is 12.2 Å². The van der Waals surface area contributed by atoms with Crippen molar-refractivity contribution in [2.75, 3.05) is 53.1 Å². The van der Waals surface area contributed by atoms with Crippen LogP contribution in [0.3, 0.4) is 0 Å². The molecule has 0 bridgehead atoms. The SMILES string of the molecule is O=C(/C=C/C(=O)OCCNC(=O)[C@@H]1COCO1)OCCNC(=O)[C@@H]1COCO1. The molecule has 2 fully saturated rings. The first-order valence-electron chi connectivity index (χ1n) is 8.52. The van der Waals surface area contributed by atoms with Crippen LogP contribution in [0, 0.1) is 0 Å². The zero-order valence-corrected chi connectivity index (χ0v) is 15.0. The molecule has 0 aromatic carbocycles. The van der Waals surface area contributed by atoms with Gasteiger partial charge in [0, 0.05) is 12.2 Å². The molecule has 0 saturated carbocycles. The van der Waals surface area contributed by atoms with Gasteiger partial charge in [-0.3, -0.25) is 9.59 Å². The van der Waals surface area contributed by atoms with Crippen LogP contribution in [0.15, 0.2) is 12.2 Å². The highest BCUT2D eigenvalue weighted by Crippen LogP contribution is 2.02. The van der Waals surface area contributed by atoms with Crippen molar-refractivity contribution in [1.82, 2.24) is 10.6 Å². The number of nitrogens with one attached hydrogen (secondary N) is 2. The van der Waals surface area contributed by atoms with Gasteiger partial charge in [-0.2, -0.15) is 0 Å². The second kappa shape index (κ2) is 12.0. The van der Waals surface area contributed by atoms with Crippen LogP contribution in [-0.4, -0.2) is 89.1 Å². The van der Waals surface area contributed by atoms with Crippen LogP contribution >= 0.6 is 0 Å². The fourth-order valence-corrected chi connectivity index (χ4v) is 2.08. The summed E-state index contributed by atoms with van der Waals surface area (Å²) in [4.78, 5) is 46.1. The molecule has 2 saturated heterocycles. The molecule has 0 radical (unpaired) electrons. The van der Waals surface area contributed by atoms with E-state index in [0.717, 1.165) is 12.2 Å². The van der Waals surface area contributed by atoms with E-state index in [1.54, 1.807) is 0 Å². The molecule has 0 aliphatic carbocycles. The van der Waals surface area contributed by atoms with Gasteiger partial charge in [-0.05, 0) is 0 Å². The zero-order chi connectivity index (χ0) is 20.2. The van der Waals surface area contributed by atoms with Crippen LogP contribution < -0.4 is 10.6 Å². The molecule has 0 aromatic rings. The van der Waals surface area contributed by atoms with Crippen LogP contribution in [0.5, 0.6) is 0 Å². The van der Waals surface area contributed by atoms with Crippen LogP contribution in [0.2, 0.25) is 0 Å². The molecule has 12 heteroatoms. The maximum Gasteiger partial charge on any atom is 0.331 e. The largest absolute Gasteiger partial charge is 0.461 e. The van der Waals surface area contributed by atoms with Gasteiger partial charge in [-0.1, -0.05) is 0 Å². The number of hydrogen-bond acceptors (Lipinski definition) is 10. The molecule has 0 spiro atoms.